The average molecular weight is 278 g/mol. The molecular weight excluding hydrogens is 256 g/mol. The highest BCUT2D eigenvalue weighted by atomic mass is 16.5. The monoisotopic (exact) mass is 278 g/mol. The lowest BCUT2D eigenvalue weighted by Gasteiger charge is -2.24. The van der Waals surface area contributed by atoms with Gasteiger partial charge in [0.15, 0.2) is 0 Å². The quantitative estimate of drug-likeness (QED) is 0.832. The summed E-state index contributed by atoms with van der Waals surface area (Å²) < 4.78 is 4.65. The normalized spacial score (nSPS) is 10.8. The molecule has 2 N–H and O–H groups in total. The Morgan fingerprint density at radius 1 is 1.30 bits per heavy atom. The van der Waals surface area contributed by atoms with E-state index in [1.165, 1.54) is 7.11 Å². The summed E-state index contributed by atoms with van der Waals surface area (Å²) >= 11 is 0. The first-order valence-corrected chi connectivity index (χ1v) is 6.58. The van der Waals surface area contributed by atoms with Gasteiger partial charge < -0.3 is 15.4 Å². The number of carbonyl (C=O) groups excluding carboxylic acids is 2. The Morgan fingerprint density at radius 3 is 2.50 bits per heavy atom. The number of benzene rings is 1. The minimum absolute atomic E-state index is 0.426. The summed E-state index contributed by atoms with van der Waals surface area (Å²) in [5.41, 5.74) is 1.74. The Kier molecular flexibility index (Phi) is 5.13. The van der Waals surface area contributed by atoms with Crippen LogP contribution >= 0.6 is 0 Å². The van der Waals surface area contributed by atoms with Crippen LogP contribution in [0, 0.1) is 6.92 Å². The summed E-state index contributed by atoms with van der Waals surface area (Å²) in [7, 11) is 1.29. The molecule has 0 saturated carbocycles. The maximum atomic E-state index is 12.0. The van der Waals surface area contributed by atoms with Gasteiger partial charge in [-0.15, -0.1) is 0 Å². The van der Waals surface area contributed by atoms with Gasteiger partial charge in [0.05, 0.1) is 7.11 Å². The Hall–Kier alpha value is -2.04. The van der Waals surface area contributed by atoms with Crippen molar-refractivity contribution in [2.75, 3.05) is 12.4 Å². The molecule has 0 heterocycles. The van der Waals surface area contributed by atoms with Gasteiger partial charge in [-0.3, -0.25) is 0 Å². The summed E-state index contributed by atoms with van der Waals surface area (Å²) in [5.74, 6) is -0.492. The number of anilines is 1. The number of methoxy groups -OCH3 is 1. The summed E-state index contributed by atoms with van der Waals surface area (Å²) in [6.45, 7) is 7.14. The van der Waals surface area contributed by atoms with Gasteiger partial charge in [-0.2, -0.15) is 0 Å². The van der Waals surface area contributed by atoms with Gasteiger partial charge >= 0.3 is 12.0 Å². The number of hydrogen-bond donors (Lipinski definition) is 2. The zero-order valence-corrected chi connectivity index (χ0v) is 12.7. The van der Waals surface area contributed by atoms with Crippen LogP contribution in [0.25, 0.3) is 0 Å². The minimum atomic E-state index is -1.08. The minimum Gasteiger partial charge on any atom is -0.467 e. The van der Waals surface area contributed by atoms with E-state index < -0.39 is 17.5 Å². The van der Waals surface area contributed by atoms with Gasteiger partial charge in [-0.25, -0.2) is 9.59 Å². The first-order chi connectivity index (χ1) is 9.31. The van der Waals surface area contributed by atoms with E-state index in [4.69, 9.17) is 0 Å². The molecule has 1 rings (SSSR count). The molecule has 0 fully saturated rings. The lowest BCUT2D eigenvalue weighted by molar-refractivity contribution is -0.146. The van der Waals surface area contributed by atoms with Crippen molar-refractivity contribution >= 4 is 17.7 Å². The molecule has 110 valence electrons. The number of hydrogen-bond acceptors (Lipinski definition) is 3. The number of carbonyl (C=O) groups is 2. The average Bonchev–Trinajstić information content (AvgIpc) is 2.39. The maximum absolute atomic E-state index is 12.0. The summed E-state index contributed by atoms with van der Waals surface area (Å²) in [6, 6.07) is 5.42. The number of aryl methyl sites for hydroxylation is 2. The van der Waals surface area contributed by atoms with Crippen LogP contribution in [0.3, 0.4) is 0 Å². The molecule has 0 aliphatic carbocycles. The standard InChI is InChI=1S/C15H22N2O3/c1-6-11-9-7-8-10(2)12(11)16-14(19)17-15(3,4)13(18)20-5/h7-9H,6H2,1-5H3,(H2,16,17,19). The highest BCUT2D eigenvalue weighted by Crippen LogP contribution is 2.21. The smallest absolute Gasteiger partial charge is 0.331 e. The topological polar surface area (TPSA) is 67.4 Å². The van der Waals surface area contributed by atoms with E-state index in [9.17, 15) is 9.59 Å². The van der Waals surface area contributed by atoms with E-state index in [1.807, 2.05) is 32.0 Å². The van der Waals surface area contributed by atoms with Crippen molar-refractivity contribution < 1.29 is 14.3 Å². The molecule has 1 aromatic carbocycles. The zero-order valence-electron chi connectivity index (χ0n) is 12.7. The molecule has 0 saturated heterocycles. The fraction of sp³-hybridized carbons (Fsp3) is 0.467. The number of rotatable bonds is 4. The molecule has 0 atom stereocenters. The van der Waals surface area contributed by atoms with Crippen LogP contribution < -0.4 is 10.6 Å². The molecule has 20 heavy (non-hydrogen) atoms. The van der Waals surface area contributed by atoms with Gasteiger partial charge in [0.1, 0.15) is 5.54 Å². The number of urea groups is 1. The first-order valence-electron chi connectivity index (χ1n) is 6.58. The Balaban J connectivity index is 2.85. The second-order valence-corrected chi connectivity index (χ2v) is 5.16. The highest BCUT2D eigenvalue weighted by molar-refractivity contribution is 5.95. The van der Waals surface area contributed by atoms with Gasteiger partial charge in [0.2, 0.25) is 0 Å². The van der Waals surface area contributed by atoms with Crippen molar-refractivity contribution in [1.82, 2.24) is 5.32 Å². The maximum Gasteiger partial charge on any atom is 0.331 e. The second kappa shape index (κ2) is 6.41. The van der Waals surface area contributed by atoms with Crippen LogP contribution in [0.5, 0.6) is 0 Å². The number of esters is 1. The van der Waals surface area contributed by atoms with E-state index in [1.54, 1.807) is 13.8 Å². The van der Waals surface area contributed by atoms with Crippen LogP contribution in [0.15, 0.2) is 18.2 Å². The van der Waals surface area contributed by atoms with Gasteiger partial charge in [-0.05, 0) is 38.3 Å². The van der Waals surface area contributed by atoms with Crippen molar-refractivity contribution in [2.45, 2.75) is 39.7 Å². The molecule has 0 aliphatic rings. The molecule has 0 aliphatic heterocycles. The van der Waals surface area contributed by atoms with Crippen molar-refractivity contribution in [3.8, 4) is 0 Å². The fourth-order valence-corrected chi connectivity index (χ4v) is 1.94. The predicted molar refractivity (Wildman–Crippen MR) is 78.8 cm³/mol. The molecule has 5 nitrogen and oxygen atoms in total. The second-order valence-electron chi connectivity index (χ2n) is 5.16. The van der Waals surface area contributed by atoms with E-state index in [2.05, 4.69) is 15.4 Å². The van der Waals surface area contributed by atoms with Crippen LogP contribution in [0.1, 0.15) is 31.9 Å². The number of ether oxygens (including phenoxy) is 1. The van der Waals surface area contributed by atoms with Crippen molar-refractivity contribution in [1.29, 1.82) is 0 Å². The third-order valence-electron chi connectivity index (χ3n) is 3.10. The van der Waals surface area contributed by atoms with Crippen molar-refractivity contribution in [3.63, 3.8) is 0 Å². The molecular formula is C15H22N2O3. The largest absolute Gasteiger partial charge is 0.467 e. The predicted octanol–water partition coefficient (Wildman–Crippen LogP) is 2.63. The number of para-hydroxylation sites is 1. The summed E-state index contributed by atoms with van der Waals surface area (Å²) in [4.78, 5) is 23.6. The Bertz CT molecular complexity index is 510. The molecule has 2 amide bonds. The van der Waals surface area contributed by atoms with E-state index in [-0.39, 0.29) is 0 Å². The SMILES string of the molecule is CCc1cccc(C)c1NC(=O)NC(C)(C)C(=O)OC. The van der Waals surface area contributed by atoms with Crippen LogP contribution in [0.2, 0.25) is 0 Å². The molecule has 0 spiro atoms. The Labute approximate surface area is 119 Å². The summed E-state index contributed by atoms with van der Waals surface area (Å²) in [6.07, 6.45) is 0.817. The van der Waals surface area contributed by atoms with Gasteiger partial charge in [0, 0.05) is 5.69 Å². The lowest BCUT2D eigenvalue weighted by Crippen LogP contribution is -2.51. The summed E-state index contributed by atoms with van der Waals surface area (Å²) in [5, 5.41) is 5.42. The van der Waals surface area contributed by atoms with Crippen LogP contribution in [-0.4, -0.2) is 24.6 Å². The van der Waals surface area contributed by atoms with Gasteiger partial charge in [-0.1, -0.05) is 25.1 Å². The first kappa shape index (κ1) is 16.0. The molecule has 0 radical (unpaired) electrons. The van der Waals surface area contributed by atoms with E-state index in [0.717, 1.165) is 23.2 Å². The van der Waals surface area contributed by atoms with Gasteiger partial charge in [0.25, 0.3) is 0 Å². The third-order valence-corrected chi connectivity index (χ3v) is 3.10. The zero-order chi connectivity index (χ0) is 15.3. The molecule has 1 aromatic rings. The lowest BCUT2D eigenvalue weighted by atomic mass is 10.1. The highest BCUT2D eigenvalue weighted by Gasteiger charge is 2.30. The van der Waals surface area contributed by atoms with E-state index >= 15 is 0 Å². The number of nitrogens with one attached hydrogen (secondary N) is 2. The van der Waals surface area contributed by atoms with Crippen molar-refractivity contribution in [2.24, 2.45) is 0 Å². The molecule has 0 bridgehead atoms. The van der Waals surface area contributed by atoms with Crippen molar-refractivity contribution in [3.05, 3.63) is 29.3 Å². The molecule has 5 heteroatoms. The van der Waals surface area contributed by atoms with E-state index in [0.29, 0.717) is 0 Å². The van der Waals surface area contributed by atoms with Crippen LogP contribution in [-0.2, 0) is 16.0 Å². The molecule has 0 unspecified atom stereocenters. The third kappa shape index (κ3) is 3.73. The number of amides is 2. The Morgan fingerprint density at radius 2 is 1.95 bits per heavy atom. The fourth-order valence-electron chi connectivity index (χ4n) is 1.94. The molecule has 0 aromatic heterocycles. The van der Waals surface area contributed by atoms with Crippen LogP contribution in [0.4, 0.5) is 10.5 Å².